The summed E-state index contributed by atoms with van der Waals surface area (Å²) in [5, 5.41) is 0. The van der Waals surface area contributed by atoms with Crippen LogP contribution in [0.15, 0.2) is 54.6 Å². The second-order valence-corrected chi connectivity index (χ2v) is 6.33. The van der Waals surface area contributed by atoms with Crippen LogP contribution >= 0.6 is 0 Å². The van der Waals surface area contributed by atoms with Crippen LogP contribution in [0.1, 0.15) is 23.2 Å². The van der Waals surface area contributed by atoms with Gasteiger partial charge in [-0.05, 0) is 36.1 Å². The normalized spacial score (nSPS) is 16.9. The van der Waals surface area contributed by atoms with E-state index < -0.39 is 0 Å². The summed E-state index contributed by atoms with van der Waals surface area (Å²) in [6.07, 6.45) is 1.61. The van der Waals surface area contributed by atoms with Crippen LogP contribution in [0.25, 0.3) is 11.1 Å². The highest BCUT2D eigenvalue weighted by atomic mass is 16.2. The third-order valence-electron chi connectivity index (χ3n) is 4.48. The average Bonchev–Trinajstić information content (AvgIpc) is 3.11. The van der Waals surface area contributed by atoms with Crippen LogP contribution in [-0.2, 0) is 4.79 Å². The van der Waals surface area contributed by atoms with Crippen LogP contribution in [0.4, 0.5) is 0 Å². The fourth-order valence-electron chi connectivity index (χ4n) is 3.17. The molecule has 2 aromatic carbocycles. The number of benzene rings is 2. The van der Waals surface area contributed by atoms with E-state index in [1.165, 1.54) is 0 Å². The lowest BCUT2D eigenvalue weighted by molar-refractivity contribution is -0.132. The number of carbonyl (C=O) groups is 2. The molecule has 2 amide bonds. The summed E-state index contributed by atoms with van der Waals surface area (Å²) in [7, 11) is 3.47. The minimum atomic E-state index is -0.332. The van der Waals surface area contributed by atoms with Crippen molar-refractivity contribution in [1.82, 2.24) is 9.80 Å². The third kappa shape index (κ3) is 3.18. The Hall–Kier alpha value is -2.62. The van der Waals surface area contributed by atoms with Gasteiger partial charge >= 0.3 is 0 Å². The van der Waals surface area contributed by atoms with E-state index in [0.717, 1.165) is 24.0 Å². The van der Waals surface area contributed by atoms with Gasteiger partial charge in [0.15, 0.2) is 0 Å². The molecule has 24 heavy (non-hydrogen) atoms. The van der Waals surface area contributed by atoms with Gasteiger partial charge in [0.1, 0.15) is 6.04 Å². The van der Waals surface area contributed by atoms with Gasteiger partial charge in [-0.2, -0.15) is 0 Å². The number of likely N-dealkylation sites (tertiary alicyclic amines) is 1. The fourth-order valence-corrected chi connectivity index (χ4v) is 3.17. The first-order chi connectivity index (χ1) is 11.6. The SMILES string of the molecule is CN(C)C(=O)C1CCCN1C(=O)c1ccc(-c2ccccc2)cc1. The van der Waals surface area contributed by atoms with Gasteiger partial charge in [0.05, 0.1) is 0 Å². The van der Waals surface area contributed by atoms with E-state index in [4.69, 9.17) is 0 Å². The van der Waals surface area contributed by atoms with Crippen molar-refractivity contribution in [2.24, 2.45) is 0 Å². The summed E-state index contributed by atoms with van der Waals surface area (Å²) >= 11 is 0. The number of hydrogen-bond donors (Lipinski definition) is 0. The quantitative estimate of drug-likeness (QED) is 0.871. The van der Waals surface area contributed by atoms with E-state index in [-0.39, 0.29) is 17.9 Å². The maximum atomic E-state index is 12.8. The maximum absolute atomic E-state index is 12.8. The van der Waals surface area contributed by atoms with Crippen LogP contribution < -0.4 is 0 Å². The van der Waals surface area contributed by atoms with E-state index in [2.05, 4.69) is 0 Å². The average molecular weight is 322 g/mol. The van der Waals surface area contributed by atoms with Crippen LogP contribution in [0.3, 0.4) is 0 Å². The Bertz CT molecular complexity index is 723. The Morgan fingerprint density at radius 3 is 2.21 bits per heavy atom. The van der Waals surface area contributed by atoms with Crippen molar-refractivity contribution in [3.63, 3.8) is 0 Å². The lowest BCUT2D eigenvalue weighted by Gasteiger charge is -2.26. The van der Waals surface area contributed by atoms with Gasteiger partial charge in [-0.25, -0.2) is 0 Å². The van der Waals surface area contributed by atoms with Crippen molar-refractivity contribution in [3.8, 4) is 11.1 Å². The Morgan fingerprint density at radius 1 is 0.958 bits per heavy atom. The molecule has 2 aromatic rings. The molecule has 4 heteroatoms. The number of rotatable bonds is 3. The molecule has 1 aliphatic rings. The molecule has 0 bridgehead atoms. The van der Waals surface area contributed by atoms with E-state index in [9.17, 15) is 9.59 Å². The molecule has 0 aliphatic carbocycles. The zero-order chi connectivity index (χ0) is 17.1. The molecule has 1 heterocycles. The van der Waals surface area contributed by atoms with E-state index in [0.29, 0.717) is 12.1 Å². The predicted octanol–water partition coefficient (Wildman–Crippen LogP) is 3.05. The van der Waals surface area contributed by atoms with Gasteiger partial charge in [-0.1, -0.05) is 42.5 Å². The molecule has 1 atom stereocenters. The number of nitrogens with zero attached hydrogens (tertiary/aromatic N) is 2. The predicted molar refractivity (Wildman–Crippen MR) is 94.6 cm³/mol. The van der Waals surface area contributed by atoms with Crippen molar-refractivity contribution >= 4 is 11.8 Å². The van der Waals surface area contributed by atoms with Gasteiger partial charge in [0, 0.05) is 26.2 Å². The topological polar surface area (TPSA) is 40.6 Å². The molecule has 0 saturated carbocycles. The molecule has 4 nitrogen and oxygen atoms in total. The molecule has 1 aliphatic heterocycles. The fraction of sp³-hybridized carbons (Fsp3) is 0.300. The largest absolute Gasteiger partial charge is 0.347 e. The molecule has 0 N–H and O–H groups in total. The Kier molecular flexibility index (Phi) is 4.65. The van der Waals surface area contributed by atoms with Gasteiger partial charge < -0.3 is 9.80 Å². The Morgan fingerprint density at radius 2 is 1.58 bits per heavy atom. The molecule has 1 saturated heterocycles. The first-order valence-electron chi connectivity index (χ1n) is 8.25. The third-order valence-corrected chi connectivity index (χ3v) is 4.48. The van der Waals surface area contributed by atoms with Gasteiger partial charge in [-0.3, -0.25) is 9.59 Å². The zero-order valence-electron chi connectivity index (χ0n) is 14.1. The van der Waals surface area contributed by atoms with Gasteiger partial charge in [0.25, 0.3) is 5.91 Å². The highest BCUT2D eigenvalue weighted by molar-refractivity contribution is 5.98. The molecular formula is C20H22N2O2. The van der Waals surface area contributed by atoms with Crippen molar-refractivity contribution in [3.05, 3.63) is 60.2 Å². The zero-order valence-corrected chi connectivity index (χ0v) is 14.1. The minimum Gasteiger partial charge on any atom is -0.347 e. The van der Waals surface area contributed by atoms with Crippen molar-refractivity contribution in [1.29, 1.82) is 0 Å². The Labute approximate surface area is 142 Å². The molecule has 124 valence electrons. The van der Waals surface area contributed by atoms with Crippen LogP contribution in [0.5, 0.6) is 0 Å². The summed E-state index contributed by atoms with van der Waals surface area (Å²) in [5.41, 5.74) is 2.83. The van der Waals surface area contributed by atoms with Crippen LogP contribution in [0.2, 0.25) is 0 Å². The molecule has 0 spiro atoms. The molecule has 0 radical (unpaired) electrons. The summed E-state index contributed by atoms with van der Waals surface area (Å²) in [6.45, 7) is 0.642. The van der Waals surface area contributed by atoms with Crippen molar-refractivity contribution in [2.45, 2.75) is 18.9 Å². The van der Waals surface area contributed by atoms with E-state index >= 15 is 0 Å². The number of amides is 2. The molecule has 1 unspecified atom stereocenters. The highest BCUT2D eigenvalue weighted by Gasteiger charge is 2.35. The van der Waals surface area contributed by atoms with Crippen molar-refractivity contribution < 1.29 is 9.59 Å². The second kappa shape index (κ2) is 6.87. The lowest BCUT2D eigenvalue weighted by atomic mass is 10.0. The molecule has 1 fully saturated rings. The van der Waals surface area contributed by atoms with E-state index in [1.54, 1.807) is 23.9 Å². The summed E-state index contributed by atoms with van der Waals surface area (Å²) in [5.74, 6) is -0.0610. The summed E-state index contributed by atoms with van der Waals surface area (Å²) in [4.78, 5) is 28.3. The van der Waals surface area contributed by atoms with Crippen LogP contribution in [-0.4, -0.2) is 48.3 Å². The monoisotopic (exact) mass is 322 g/mol. The van der Waals surface area contributed by atoms with Crippen molar-refractivity contribution in [2.75, 3.05) is 20.6 Å². The lowest BCUT2D eigenvalue weighted by Crippen LogP contribution is -2.45. The smallest absolute Gasteiger partial charge is 0.254 e. The molecule has 0 aromatic heterocycles. The minimum absolute atomic E-state index is 0.00163. The Balaban J connectivity index is 1.79. The second-order valence-electron chi connectivity index (χ2n) is 6.33. The first-order valence-corrected chi connectivity index (χ1v) is 8.25. The summed E-state index contributed by atoms with van der Waals surface area (Å²) in [6, 6.07) is 17.3. The standard InChI is InChI=1S/C20H22N2O2/c1-21(2)20(24)18-9-6-14-22(18)19(23)17-12-10-16(11-13-17)15-7-4-3-5-8-15/h3-5,7-8,10-13,18H,6,9,14H2,1-2H3. The highest BCUT2D eigenvalue weighted by Crippen LogP contribution is 2.24. The number of hydrogen-bond acceptors (Lipinski definition) is 2. The van der Waals surface area contributed by atoms with Gasteiger partial charge in [0.2, 0.25) is 5.91 Å². The number of carbonyl (C=O) groups excluding carboxylic acids is 2. The first kappa shape index (κ1) is 16.2. The van der Waals surface area contributed by atoms with Crippen LogP contribution in [0, 0.1) is 0 Å². The molecular weight excluding hydrogens is 300 g/mol. The van der Waals surface area contributed by atoms with E-state index in [1.807, 2.05) is 54.6 Å². The summed E-state index contributed by atoms with van der Waals surface area (Å²) < 4.78 is 0. The number of likely N-dealkylation sites (N-methyl/N-ethyl adjacent to an activating group) is 1. The maximum Gasteiger partial charge on any atom is 0.254 e. The molecule has 3 rings (SSSR count). The van der Waals surface area contributed by atoms with Gasteiger partial charge in [-0.15, -0.1) is 0 Å².